The van der Waals surface area contributed by atoms with E-state index in [0.29, 0.717) is 0 Å². The summed E-state index contributed by atoms with van der Waals surface area (Å²) in [5.74, 6) is -0.234. The van der Waals surface area contributed by atoms with E-state index in [1.54, 1.807) is 0 Å². The highest BCUT2D eigenvalue weighted by Gasteiger charge is 2.41. The molecule has 5 nitrogen and oxygen atoms in total. The van der Waals surface area contributed by atoms with Crippen LogP contribution >= 0.6 is 12.2 Å². The Bertz CT molecular complexity index is 1060. The number of pyridine rings is 1. The minimum Gasteiger partial charge on any atom is -0.352 e. The van der Waals surface area contributed by atoms with Gasteiger partial charge in [0, 0.05) is 36.4 Å². The van der Waals surface area contributed by atoms with Crippen molar-refractivity contribution in [3.63, 3.8) is 0 Å². The molecule has 3 aromatic rings. The van der Waals surface area contributed by atoms with Crippen molar-refractivity contribution in [2.75, 3.05) is 27.2 Å². The number of hydrogen-bond acceptors (Lipinski definition) is 3. The Morgan fingerprint density at radius 2 is 1.87 bits per heavy atom. The van der Waals surface area contributed by atoms with Crippen molar-refractivity contribution in [3.8, 4) is 5.69 Å². The number of rotatable bonds is 6. The maximum absolute atomic E-state index is 13.5. The van der Waals surface area contributed by atoms with Crippen molar-refractivity contribution >= 4 is 17.3 Å². The van der Waals surface area contributed by atoms with Gasteiger partial charge in [-0.2, -0.15) is 0 Å². The van der Waals surface area contributed by atoms with Crippen LogP contribution in [0.25, 0.3) is 5.69 Å². The van der Waals surface area contributed by atoms with Crippen molar-refractivity contribution < 1.29 is 4.39 Å². The summed E-state index contributed by atoms with van der Waals surface area (Å²) in [6, 6.07) is 14.8. The lowest BCUT2D eigenvalue weighted by Crippen LogP contribution is -2.35. The van der Waals surface area contributed by atoms with E-state index in [2.05, 4.69) is 58.7 Å². The fourth-order valence-corrected chi connectivity index (χ4v) is 4.70. The molecule has 0 radical (unpaired) electrons. The third-order valence-electron chi connectivity index (χ3n) is 5.86. The molecule has 1 fully saturated rings. The fourth-order valence-electron chi connectivity index (χ4n) is 4.37. The van der Waals surface area contributed by atoms with Gasteiger partial charge in [-0.3, -0.25) is 4.98 Å². The summed E-state index contributed by atoms with van der Waals surface area (Å²) in [6.07, 6.45) is 1.82. The number of halogens is 1. The zero-order chi connectivity index (χ0) is 22.1. The van der Waals surface area contributed by atoms with Crippen LogP contribution in [0.4, 0.5) is 4.39 Å². The van der Waals surface area contributed by atoms with E-state index in [9.17, 15) is 4.39 Å². The summed E-state index contributed by atoms with van der Waals surface area (Å²) in [7, 11) is 4.14. The second-order valence-corrected chi connectivity index (χ2v) is 8.65. The van der Waals surface area contributed by atoms with Gasteiger partial charge in [-0.1, -0.05) is 6.07 Å². The molecule has 1 N–H and O–H groups in total. The Morgan fingerprint density at radius 3 is 2.52 bits per heavy atom. The molecule has 2 aromatic heterocycles. The number of nitrogens with one attached hydrogen (secondary N) is 1. The summed E-state index contributed by atoms with van der Waals surface area (Å²) in [6.45, 7) is 5.91. The largest absolute Gasteiger partial charge is 0.352 e. The molecule has 1 aliphatic rings. The van der Waals surface area contributed by atoms with Crippen molar-refractivity contribution in [1.82, 2.24) is 24.7 Å². The van der Waals surface area contributed by atoms with Crippen molar-refractivity contribution in [1.29, 1.82) is 0 Å². The third-order valence-corrected chi connectivity index (χ3v) is 6.21. The average molecular weight is 438 g/mol. The highest BCUT2D eigenvalue weighted by Crippen LogP contribution is 2.41. The molecule has 0 aliphatic carbocycles. The Balaban J connectivity index is 1.80. The first-order chi connectivity index (χ1) is 14.9. The first-order valence-electron chi connectivity index (χ1n) is 10.4. The fraction of sp³-hybridized carbons (Fsp3) is 0.333. The molecular weight excluding hydrogens is 409 g/mol. The van der Waals surface area contributed by atoms with Crippen LogP contribution in [-0.4, -0.2) is 51.6 Å². The lowest BCUT2D eigenvalue weighted by molar-refractivity contribution is 0.277. The van der Waals surface area contributed by atoms with Gasteiger partial charge in [0.2, 0.25) is 0 Å². The molecule has 0 amide bonds. The van der Waals surface area contributed by atoms with E-state index >= 15 is 0 Å². The Hall–Kier alpha value is -2.77. The van der Waals surface area contributed by atoms with Crippen LogP contribution in [0.3, 0.4) is 0 Å². The summed E-state index contributed by atoms with van der Waals surface area (Å²) in [4.78, 5) is 9.05. The van der Waals surface area contributed by atoms with Gasteiger partial charge in [-0.25, -0.2) is 4.39 Å². The van der Waals surface area contributed by atoms with Gasteiger partial charge in [0.05, 0.1) is 17.8 Å². The van der Waals surface area contributed by atoms with Gasteiger partial charge in [0.25, 0.3) is 0 Å². The summed E-state index contributed by atoms with van der Waals surface area (Å²) >= 11 is 5.76. The molecular formula is C24H28FN5S. The zero-order valence-corrected chi connectivity index (χ0v) is 19.2. The van der Waals surface area contributed by atoms with E-state index in [0.717, 1.165) is 41.0 Å². The molecule has 0 unspecified atom stereocenters. The monoisotopic (exact) mass is 437 g/mol. The van der Waals surface area contributed by atoms with Crippen LogP contribution in [0.5, 0.6) is 0 Å². The first-order valence-corrected chi connectivity index (χ1v) is 10.8. The Kier molecular flexibility index (Phi) is 6.07. The highest BCUT2D eigenvalue weighted by molar-refractivity contribution is 7.80. The smallest absolute Gasteiger partial charge is 0.170 e. The lowest BCUT2D eigenvalue weighted by atomic mass is 9.97. The zero-order valence-electron chi connectivity index (χ0n) is 18.3. The van der Waals surface area contributed by atoms with Gasteiger partial charge in [0.1, 0.15) is 5.82 Å². The minimum absolute atomic E-state index is 0.0164. The number of aryl methyl sites for hydroxylation is 1. The van der Waals surface area contributed by atoms with Crippen LogP contribution < -0.4 is 5.32 Å². The van der Waals surface area contributed by atoms with E-state index in [4.69, 9.17) is 12.2 Å². The topological polar surface area (TPSA) is 36.3 Å². The van der Waals surface area contributed by atoms with Crippen LogP contribution in [0, 0.1) is 19.7 Å². The molecule has 0 bridgehead atoms. The quantitative estimate of drug-likeness (QED) is 0.586. The van der Waals surface area contributed by atoms with E-state index in [1.807, 2.05) is 36.5 Å². The highest BCUT2D eigenvalue weighted by atomic mass is 32.1. The lowest BCUT2D eigenvalue weighted by Gasteiger charge is -2.29. The van der Waals surface area contributed by atoms with Crippen LogP contribution in [0.2, 0.25) is 0 Å². The molecule has 1 saturated heterocycles. The normalized spacial score (nSPS) is 18.6. The number of aromatic nitrogens is 2. The molecule has 4 rings (SSSR count). The SMILES string of the molecule is Cc1cc([C@@H]2[C@H](c3ccccn3)NC(=S)N2CCN(C)C)c(C)n1-c1ccc(F)cc1. The molecule has 162 valence electrons. The average Bonchev–Trinajstić information content (AvgIpc) is 3.23. The van der Waals surface area contributed by atoms with Gasteiger partial charge >= 0.3 is 0 Å². The van der Waals surface area contributed by atoms with E-state index in [1.165, 1.54) is 17.7 Å². The van der Waals surface area contributed by atoms with E-state index in [-0.39, 0.29) is 17.9 Å². The maximum atomic E-state index is 13.5. The minimum atomic E-state index is -0.234. The number of hydrogen-bond donors (Lipinski definition) is 1. The molecule has 7 heteroatoms. The molecule has 0 saturated carbocycles. The molecule has 1 aliphatic heterocycles. The Morgan fingerprint density at radius 1 is 1.13 bits per heavy atom. The van der Waals surface area contributed by atoms with Crippen LogP contribution in [-0.2, 0) is 0 Å². The predicted octanol–water partition coefficient (Wildman–Crippen LogP) is 4.16. The molecule has 3 heterocycles. The van der Waals surface area contributed by atoms with Crippen LogP contribution in [0.15, 0.2) is 54.7 Å². The summed E-state index contributed by atoms with van der Waals surface area (Å²) in [5.41, 5.74) is 5.34. The Labute approximate surface area is 188 Å². The van der Waals surface area contributed by atoms with E-state index < -0.39 is 0 Å². The first kappa shape index (κ1) is 21.5. The molecule has 1 aromatic carbocycles. The summed E-state index contributed by atoms with van der Waals surface area (Å²) < 4.78 is 15.7. The van der Waals surface area contributed by atoms with Gasteiger partial charge in [0.15, 0.2) is 5.11 Å². The molecule has 2 atom stereocenters. The van der Waals surface area contributed by atoms with Gasteiger partial charge in [-0.05, 0) is 88.2 Å². The second-order valence-electron chi connectivity index (χ2n) is 8.26. The standard InChI is InChI=1S/C24H28FN5S/c1-16-15-20(17(2)30(16)19-10-8-18(25)9-11-19)23-22(21-7-5-6-12-26-21)27-24(31)29(23)14-13-28(3)4/h5-12,15,22-23H,13-14H2,1-4H3,(H,27,31)/t22-,23+/m0/s1. The maximum Gasteiger partial charge on any atom is 0.170 e. The molecule has 0 spiro atoms. The van der Waals surface area contributed by atoms with Crippen molar-refractivity contribution in [2.45, 2.75) is 25.9 Å². The van der Waals surface area contributed by atoms with Gasteiger partial charge in [-0.15, -0.1) is 0 Å². The van der Waals surface area contributed by atoms with Gasteiger partial charge < -0.3 is 19.7 Å². The number of likely N-dealkylation sites (N-methyl/N-ethyl adjacent to an activating group) is 1. The number of thiocarbonyl (C=S) groups is 1. The number of nitrogens with zero attached hydrogens (tertiary/aromatic N) is 4. The van der Waals surface area contributed by atoms with Crippen molar-refractivity contribution in [2.24, 2.45) is 0 Å². The predicted molar refractivity (Wildman–Crippen MR) is 126 cm³/mol. The summed E-state index contributed by atoms with van der Waals surface area (Å²) in [5, 5.41) is 4.26. The van der Waals surface area contributed by atoms with Crippen LogP contribution in [0.1, 0.15) is 34.7 Å². The molecule has 31 heavy (non-hydrogen) atoms. The number of benzene rings is 1. The third kappa shape index (κ3) is 4.20. The van der Waals surface area contributed by atoms with Crippen molar-refractivity contribution in [3.05, 3.63) is 83.2 Å². The second kappa shape index (κ2) is 8.77.